The van der Waals surface area contributed by atoms with E-state index in [1.165, 1.54) is 0 Å². The van der Waals surface area contributed by atoms with Crippen LogP contribution in [0.1, 0.15) is 37.7 Å². The average molecular weight is 333 g/mol. The van der Waals surface area contributed by atoms with Crippen molar-refractivity contribution in [3.05, 3.63) is 35.9 Å². The number of benzene rings is 1. The molecular formula is C19H31N3O2. The standard InChI is InChI=1S/C19H31N3O2/c1-2-10-21-11-6-12-22(14-13-21)19(24)20-16-18(9-15-23)17-7-4-3-5-8-17/h3-5,7-8,18,23H,2,6,9-16H2,1H3,(H,20,24). The van der Waals surface area contributed by atoms with Crippen LogP contribution in [-0.4, -0.2) is 66.8 Å². The summed E-state index contributed by atoms with van der Waals surface area (Å²) >= 11 is 0. The van der Waals surface area contributed by atoms with Crippen LogP contribution in [0.25, 0.3) is 0 Å². The molecule has 2 rings (SSSR count). The summed E-state index contributed by atoms with van der Waals surface area (Å²) in [5, 5.41) is 12.4. The molecule has 5 nitrogen and oxygen atoms in total. The highest BCUT2D eigenvalue weighted by molar-refractivity contribution is 5.74. The minimum absolute atomic E-state index is 0.0206. The zero-order valence-corrected chi connectivity index (χ0v) is 14.8. The molecule has 0 bridgehead atoms. The third-order valence-corrected chi connectivity index (χ3v) is 4.66. The first kappa shape index (κ1) is 18.7. The van der Waals surface area contributed by atoms with Crippen molar-refractivity contribution in [3.8, 4) is 0 Å². The van der Waals surface area contributed by atoms with E-state index in [0.717, 1.165) is 51.1 Å². The number of hydrogen-bond acceptors (Lipinski definition) is 3. The molecule has 1 fully saturated rings. The predicted octanol–water partition coefficient (Wildman–Crippen LogP) is 2.28. The lowest BCUT2D eigenvalue weighted by molar-refractivity contribution is 0.196. The predicted molar refractivity (Wildman–Crippen MR) is 97.2 cm³/mol. The number of nitrogens with one attached hydrogen (secondary N) is 1. The molecule has 0 saturated carbocycles. The lowest BCUT2D eigenvalue weighted by atomic mass is 9.96. The molecule has 0 radical (unpaired) electrons. The molecule has 1 aromatic carbocycles. The Balaban J connectivity index is 1.84. The highest BCUT2D eigenvalue weighted by Gasteiger charge is 2.20. The molecule has 1 aromatic rings. The van der Waals surface area contributed by atoms with Crippen LogP contribution in [0.2, 0.25) is 0 Å². The van der Waals surface area contributed by atoms with E-state index < -0.39 is 0 Å². The van der Waals surface area contributed by atoms with Crippen LogP contribution >= 0.6 is 0 Å². The van der Waals surface area contributed by atoms with Crippen molar-refractivity contribution in [2.24, 2.45) is 0 Å². The number of nitrogens with zero attached hydrogens (tertiary/aromatic N) is 2. The smallest absolute Gasteiger partial charge is 0.317 e. The van der Waals surface area contributed by atoms with Crippen LogP contribution in [-0.2, 0) is 0 Å². The van der Waals surface area contributed by atoms with E-state index in [2.05, 4.69) is 29.3 Å². The Hall–Kier alpha value is -1.59. The van der Waals surface area contributed by atoms with Gasteiger partial charge in [0.05, 0.1) is 0 Å². The van der Waals surface area contributed by atoms with Crippen molar-refractivity contribution in [2.45, 2.75) is 32.1 Å². The van der Waals surface area contributed by atoms with Gasteiger partial charge in [0.25, 0.3) is 0 Å². The Morgan fingerprint density at radius 1 is 1.21 bits per heavy atom. The monoisotopic (exact) mass is 333 g/mol. The molecule has 1 saturated heterocycles. The Bertz CT molecular complexity index is 481. The number of urea groups is 1. The summed E-state index contributed by atoms with van der Waals surface area (Å²) in [7, 11) is 0. The number of aliphatic hydroxyl groups is 1. The Morgan fingerprint density at radius 2 is 2.00 bits per heavy atom. The van der Waals surface area contributed by atoms with Crippen LogP contribution < -0.4 is 5.32 Å². The highest BCUT2D eigenvalue weighted by atomic mass is 16.3. The molecule has 2 amide bonds. The van der Waals surface area contributed by atoms with Gasteiger partial charge in [0.2, 0.25) is 0 Å². The van der Waals surface area contributed by atoms with Gasteiger partial charge in [-0.15, -0.1) is 0 Å². The number of carbonyl (C=O) groups excluding carboxylic acids is 1. The highest BCUT2D eigenvalue weighted by Crippen LogP contribution is 2.18. The van der Waals surface area contributed by atoms with Gasteiger partial charge in [0.15, 0.2) is 0 Å². The van der Waals surface area contributed by atoms with Crippen LogP contribution in [0.4, 0.5) is 4.79 Å². The summed E-state index contributed by atoms with van der Waals surface area (Å²) in [5.74, 6) is 0.156. The molecule has 24 heavy (non-hydrogen) atoms. The zero-order valence-electron chi connectivity index (χ0n) is 14.8. The van der Waals surface area contributed by atoms with Gasteiger partial charge in [-0.3, -0.25) is 0 Å². The lowest BCUT2D eigenvalue weighted by Gasteiger charge is -2.24. The summed E-state index contributed by atoms with van der Waals surface area (Å²) in [6.07, 6.45) is 2.85. The molecule has 1 unspecified atom stereocenters. The van der Waals surface area contributed by atoms with E-state index in [1.54, 1.807) is 0 Å². The van der Waals surface area contributed by atoms with Gasteiger partial charge in [-0.2, -0.15) is 0 Å². The quantitative estimate of drug-likeness (QED) is 0.805. The molecule has 0 spiro atoms. The second-order valence-electron chi connectivity index (χ2n) is 6.49. The van der Waals surface area contributed by atoms with E-state index in [1.807, 2.05) is 23.1 Å². The fourth-order valence-corrected chi connectivity index (χ4v) is 3.30. The molecule has 1 aliphatic heterocycles. The molecule has 0 aliphatic carbocycles. The van der Waals surface area contributed by atoms with E-state index in [-0.39, 0.29) is 18.6 Å². The second kappa shape index (κ2) is 10.3. The minimum Gasteiger partial charge on any atom is -0.396 e. The van der Waals surface area contributed by atoms with Gasteiger partial charge < -0.3 is 20.2 Å². The molecule has 1 heterocycles. The van der Waals surface area contributed by atoms with Crippen LogP contribution in [0.15, 0.2) is 30.3 Å². The molecule has 5 heteroatoms. The fourth-order valence-electron chi connectivity index (χ4n) is 3.30. The Labute approximate surface area is 145 Å². The maximum Gasteiger partial charge on any atom is 0.317 e. The topological polar surface area (TPSA) is 55.8 Å². The maximum absolute atomic E-state index is 12.5. The van der Waals surface area contributed by atoms with Gasteiger partial charge in [-0.1, -0.05) is 37.3 Å². The normalized spacial score (nSPS) is 17.3. The number of carbonyl (C=O) groups is 1. The largest absolute Gasteiger partial charge is 0.396 e. The molecule has 0 aromatic heterocycles. The zero-order chi connectivity index (χ0) is 17.2. The van der Waals surface area contributed by atoms with E-state index in [0.29, 0.717) is 13.0 Å². The second-order valence-corrected chi connectivity index (χ2v) is 6.49. The van der Waals surface area contributed by atoms with Gasteiger partial charge in [0, 0.05) is 38.7 Å². The molecular weight excluding hydrogens is 302 g/mol. The number of hydrogen-bond donors (Lipinski definition) is 2. The number of rotatable bonds is 7. The van der Waals surface area contributed by atoms with E-state index in [9.17, 15) is 9.90 Å². The molecule has 1 atom stereocenters. The Kier molecular flexibility index (Phi) is 8.05. The SMILES string of the molecule is CCCN1CCCN(C(=O)NCC(CCO)c2ccccc2)CC1. The summed E-state index contributed by atoms with van der Waals surface area (Å²) < 4.78 is 0. The molecule has 1 aliphatic rings. The average Bonchev–Trinajstić information content (AvgIpc) is 2.85. The maximum atomic E-state index is 12.5. The van der Waals surface area contributed by atoms with Crippen LogP contribution in [0.5, 0.6) is 0 Å². The van der Waals surface area contributed by atoms with Gasteiger partial charge in [-0.05, 0) is 37.9 Å². The van der Waals surface area contributed by atoms with Gasteiger partial charge in [-0.25, -0.2) is 4.79 Å². The van der Waals surface area contributed by atoms with Crippen molar-refractivity contribution in [2.75, 3.05) is 45.9 Å². The summed E-state index contributed by atoms with van der Waals surface area (Å²) in [4.78, 5) is 16.9. The number of amides is 2. The van der Waals surface area contributed by atoms with E-state index >= 15 is 0 Å². The lowest BCUT2D eigenvalue weighted by Crippen LogP contribution is -2.43. The number of aliphatic hydroxyl groups excluding tert-OH is 1. The first-order valence-electron chi connectivity index (χ1n) is 9.15. The van der Waals surface area contributed by atoms with Crippen molar-refractivity contribution in [1.82, 2.24) is 15.1 Å². The summed E-state index contributed by atoms with van der Waals surface area (Å²) in [6.45, 7) is 7.66. The van der Waals surface area contributed by atoms with E-state index in [4.69, 9.17) is 0 Å². The van der Waals surface area contributed by atoms with Crippen molar-refractivity contribution < 1.29 is 9.90 Å². The van der Waals surface area contributed by atoms with Crippen LogP contribution in [0.3, 0.4) is 0 Å². The third-order valence-electron chi connectivity index (χ3n) is 4.66. The molecule has 134 valence electrons. The van der Waals surface area contributed by atoms with Crippen molar-refractivity contribution in [3.63, 3.8) is 0 Å². The first-order chi connectivity index (χ1) is 11.7. The van der Waals surface area contributed by atoms with Crippen molar-refractivity contribution in [1.29, 1.82) is 0 Å². The van der Waals surface area contributed by atoms with Gasteiger partial charge in [0.1, 0.15) is 0 Å². The minimum atomic E-state index is 0.0206. The first-order valence-corrected chi connectivity index (χ1v) is 9.15. The van der Waals surface area contributed by atoms with Crippen LogP contribution in [0, 0.1) is 0 Å². The molecule has 2 N–H and O–H groups in total. The van der Waals surface area contributed by atoms with Crippen molar-refractivity contribution >= 4 is 6.03 Å². The Morgan fingerprint density at radius 3 is 2.71 bits per heavy atom. The summed E-state index contributed by atoms with van der Waals surface area (Å²) in [5.41, 5.74) is 1.16. The third kappa shape index (κ3) is 5.80. The summed E-state index contributed by atoms with van der Waals surface area (Å²) in [6, 6.07) is 10.1. The fraction of sp³-hybridized carbons (Fsp3) is 0.632. The van der Waals surface area contributed by atoms with Gasteiger partial charge >= 0.3 is 6.03 Å².